The van der Waals surface area contributed by atoms with E-state index < -0.39 is 0 Å². The van der Waals surface area contributed by atoms with Crippen LogP contribution in [0.5, 0.6) is 0 Å². The lowest BCUT2D eigenvalue weighted by molar-refractivity contribution is 0.904. The quantitative estimate of drug-likeness (QED) is 0.670. The van der Waals surface area contributed by atoms with Crippen molar-refractivity contribution in [1.82, 2.24) is 15.0 Å². The molecular formula is C17H23N5S. The number of pyridine rings is 1. The summed E-state index contributed by atoms with van der Waals surface area (Å²) in [5.41, 5.74) is 3.36. The predicted molar refractivity (Wildman–Crippen MR) is 96.3 cm³/mol. The van der Waals surface area contributed by atoms with Crippen LogP contribution in [0.25, 0.3) is 0 Å². The van der Waals surface area contributed by atoms with Crippen LogP contribution < -0.4 is 10.2 Å². The van der Waals surface area contributed by atoms with Gasteiger partial charge in [0, 0.05) is 37.1 Å². The Hall–Kier alpha value is -1.82. The molecule has 23 heavy (non-hydrogen) atoms. The highest BCUT2D eigenvalue weighted by molar-refractivity contribution is 7.98. The van der Waals surface area contributed by atoms with E-state index in [0.717, 1.165) is 47.7 Å². The van der Waals surface area contributed by atoms with Crippen molar-refractivity contribution in [2.24, 2.45) is 0 Å². The molecule has 0 saturated carbocycles. The number of rotatable bonds is 5. The number of thioether (sulfide) groups is 1. The minimum Gasteiger partial charge on any atom is -0.366 e. The average Bonchev–Trinajstić information content (AvgIpc) is 3.11. The van der Waals surface area contributed by atoms with Crippen LogP contribution in [0.2, 0.25) is 0 Å². The van der Waals surface area contributed by atoms with Gasteiger partial charge in [0.15, 0.2) is 5.16 Å². The second-order valence-corrected chi connectivity index (χ2v) is 6.61. The van der Waals surface area contributed by atoms with Gasteiger partial charge in [-0.1, -0.05) is 11.8 Å². The number of nitrogens with one attached hydrogen (secondary N) is 1. The summed E-state index contributed by atoms with van der Waals surface area (Å²) < 4.78 is 0. The van der Waals surface area contributed by atoms with E-state index in [1.807, 2.05) is 19.4 Å². The number of hydrogen-bond donors (Lipinski definition) is 1. The van der Waals surface area contributed by atoms with Crippen molar-refractivity contribution in [1.29, 1.82) is 0 Å². The molecule has 0 aliphatic carbocycles. The van der Waals surface area contributed by atoms with Crippen molar-refractivity contribution in [3.05, 3.63) is 35.2 Å². The van der Waals surface area contributed by atoms with Crippen molar-refractivity contribution in [2.75, 3.05) is 29.6 Å². The lowest BCUT2D eigenvalue weighted by atomic mass is 10.2. The van der Waals surface area contributed by atoms with Gasteiger partial charge in [0.05, 0.1) is 0 Å². The van der Waals surface area contributed by atoms with E-state index in [-0.39, 0.29) is 0 Å². The number of anilines is 2. The summed E-state index contributed by atoms with van der Waals surface area (Å²) in [7, 11) is 0. The zero-order valence-electron chi connectivity index (χ0n) is 14.0. The summed E-state index contributed by atoms with van der Waals surface area (Å²) in [6, 6.07) is 4.24. The minimum atomic E-state index is 0.745. The van der Waals surface area contributed by atoms with Crippen LogP contribution in [-0.2, 0) is 6.54 Å². The third kappa shape index (κ3) is 3.75. The smallest absolute Gasteiger partial charge is 0.189 e. The Labute approximate surface area is 141 Å². The number of aryl methyl sites for hydroxylation is 1. The molecule has 2 aromatic rings. The fraction of sp³-hybridized carbons (Fsp3) is 0.471. The molecule has 0 unspecified atom stereocenters. The molecule has 0 amide bonds. The maximum atomic E-state index is 4.58. The van der Waals surface area contributed by atoms with Crippen LogP contribution >= 0.6 is 11.8 Å². The van der Waals surface area contributed by atoms with Gasteiger partial charge in [0.1, 0.15) is 11.6 Å². The molecule has 0 spiro atoms. The monoisotopic (exact) mass is 329 g/mol. The first kappa shape index (κ1) is 16.1. The highest BCUT2D eigenvalue weighted by atomic mass is 32.2. The van der Waals surface area contributed by atoms with Gasteiger partial charge in [-0.05, 0) is 50.6 Å². The predicted octanol–water partition coefficient (Wildman–Crippen LogP) is 3.42. The Morgan fingerprint density at radius 1 is 1.22 bits per heavy atom. The van der Waals surface area contributed by atoms with Crippen LogP contribution in [0, 0.1) is 13.8 Å². The largest absolute Gasteiger partial charge is 0.366 e. The highest BCUT2D eigenvalue weighted by Crippen LogP contribution is 2.21. The fourth-order valence-corrected chi connectivity index (χ4v) is 3.15. The third-order valence-corrected chi connectivity index (χ3v) is 4.80. The maximum Gasteiger partial charge on any atom is 0.189 e. The lowest BCUT2D eigenvalue weighted by Gasteiger charge is -2.17. The van der Waals surface area contributed by atoms with Gasteiger partial charge in [0.2, 0.25) is 0 Å². The van der Waals surface area contributed by atoms with Crippen molar-refractivity contribution in [3.8, 4) is 0 Å². The van der Waals surface area contributed by atoms with Crippen LogP contribution in [-0.4, -0.2) is 34.3 Å². The number of aromatic nitrogens is 3. The van der Waals surface area contributed by atoms with E-state index >= 15 is 0 Å². The van der Waals surface area contributed by atoms with E-state index in [1.165, 1.54) is 18.4 Å². The summed E-state index contributed by atoms with van der Waals surface area (Å²) >= 11 is 1.57. The molecule has 0 aromatic carbocycles. The molecular weight excluding hydrogens is 306 g/mol. The molecule has 5 nitrogen and oxygen atoms in total. The number of nitrogens with zero attached hydrogens (tertiary/aromatic N) is 4. The van der Waals surface area contributed by atoms with E-state index in [0.29, 0.717) is 0 Å². The molecule has 3 heterocycles. The first-order chi connectivity index (χ1) is 11.2. The standard InChI is InChI=1S/C17H23N5S/c1-12-13(2)20-17(23-3)21-16(12)19-11-14-6-7-18-15(10-14)22-8-4-5-9-22/h6-7,10H,4-5,8-9,11H2,1-3H3,(H,19,20,21). The summed E-state index contributed by atoms with van der Waals surface area (Å²) in [6.45, 7) is 7.06. The molecule has 1 aliphatic heterocycles. The summed E-state index contributed by atoms with van der Waals surface area (Å²) in [4.78, 5) is 15.9. The van der Waals surface area contributed by atoms with Crippen molar-refractivity contribution >= 4 is 23.4 Å². The first-order valence-corrected chi connectivity index (χ1v) is 9.23. The topological polar surface area (TPSA) is 53.9 Å². The normalized spacial score (nSPS) is 14.3. The van der Waals surface area contributed by atoms with Crippen LogP contribution in [0.1, 0.15) is 29.7 Å². The van der Waals surface area contributed by atoms with E-state index in [1.54, 1.807) is 11.8 Å². The van der Waals surface area contributed by atoms with E-state index in [9.17, 15) is 0 Å². The van der Waals surface area contributed by atoms with Crippen LogP contribution in [0.4, 0.5) is 11.6 Å². The Bertz CT molecular complexity index is 683. The van der Waals surface area contributed by atoms with Gasteiger partial charge in [-0.3, -0.25) is 0 Å². The molecule has 2 aromatic heterocycles. The Balaban J connectivity index is 1.73. The SMILES string of the molecule is CSc1nc(C)c(C)c(NCc2ccnc(N3CCCC3)c2)n1. The summed E-state index contributed by atoms with van der Waals surface area (Å²) in [6.07, 6.45) is 6.43. The zero-order chi connectivity index (χ0) is 16.2. The molecule has 1 N–H and O–H groups in total. The third-order valence-electron chi connectivity index (χ3n) is 4.25. The van der Waals surface area contributed by atoms with Gasteiger partial charge < -0.3 is 10.2 Å². The van der Waals surface area contributed by atoms with Gasteiger partial charge >= 0.3 is 0 Å². The van der Waals surface area contributed by atoms with Gasteiger partial charge in [-0.15, -0.1) is 0 Å². The molecule has 6 heteroatoms. The minimum absolute atomic E-state index is 0.745. The first-order valence-electron chi connectivity index (χ1n) is 8.00. The van der Waals surface area contributed by atoms with Crippen molar-refractivity contribution < 1.29 is 0 Å². The zero-order valence-corrected chi connectivity index (χ0v) is 14.8. The summed E-state index contributed by atoms with van der Waals surface area (Å²) in [5.74, 6) is 2.00. The molecule has 1 aliphatic rings. The maximum absolute atomic E-state index is 4.58. The number of hydrogen-bond acceptors (Lipinski definition) is 6. The molecule has 0 bridgehead atoms. The van der Waals surface area contributed by atoms with Gasteiger partial charge in [-0.2, -0.15) is 0 Å². The lowest BCUT2D eigenvalue weighted by Crippen LogP contribution is -2.19. The fourth-order valence-electron chi connectivity index (χ4n) is 2.74. The van der Waals surface area contributed by atoms with Gasteiger partial charge in [0.25, 0.3) is 0 Å². The molecule has 1 fully saturated rings. The average molecular weight is 329 g/mol. The van der Waals surface area contributed by atoms with Crippen molar-refractivity contribution in [3.63, 3.8) is 0 Å². The van der Waals surface area contributed by atoms with Crippen molar-refractivity contribution in [2.45, 2.75) is 38.4 Å². The van der Waals surface area contributed by atoms with Gasteiger partial charge in [-0.25, -0.2) is 15.0 Å². The Kier molecular flexibility index (Phi) is 5.00. The molecule has 122 valence electrons. The van der Waals surface area contributed by atoms with E-state index in [4.69, 9.17) is 0 Å². The second-order valence-electron chi connectivity index (χ2n) is 5.84. The molecule has 0 radical (unpaired) electrons. The Morgan fingerprint density at radius 2 is 2.00 bits per heavy atom. The van der Waals surface area contributed by atoms with Crippen LogP contribution in [0.3, 0.4) is 0 Å². The highest BCUT2D eigenvalue weighted by Gasteiger charge is 2.14. The summed E-state index contributed by atoms with van der Waals surface area (Å²) in [5, 5.41) is 4.26. The Morgan fingerprint density at radius 3 is 2.74 bits per heavy atom. The molecule has 3 rings (SSSR count). The van der Waals surface area contributed by atoms with E-state index in [2.05, 4.69) is 44.2 Å². The van der Waals surface area contributed by atoms with Crippen LogP contribution in [0.15, 0.2) is 23.5 Å². The second kappa shape index (κ2) is 7.17. The molecule has 0 atom stereocenters. The molecule has 1 saturated heterocycles.